The highest BCUT2D eigenvalue weighted by molar-refractivity contribution is 5.81. The number of fused-ring (bicyclic) bond motifs is 4. The van der Waals surface area contributed by atoms with Gasteiger partial charge in [0.05, 0.1) is 34.9 Å². The number of benzene rings is 2. The average molecular weight is 429 g/mol. The van der Waals surface area contributed by atoms with Gasteiger partial charge in [-0.05, 0) is 37.7 Å². The zero-order valence-corrected chi connectivity index (χ0v) is 18.2. The van der Waals surface area contributed by atoms with Gasteiger partial charge in [-0.25, -0.2) is 4.98 Å². The van der Waals surface area contributed by atoms with Crippen molar-refractivity contribution in [3.63, 3.8) is 0 Å². The second-order valence-electron chi connectivity index (χ2n) is 7.97. The highest BCUT2D eigenvalue weighted by Crippen LogP contribution is 2.17. The fraction of sp³-hybridized carbons (Fsp3) is 0.261. The Morgan fingerprint density at radius 1 is 1.03 bits per heavy atom. The zero-order chi connectivity index (χ0) is 22.4. The number of aromatic amines is 1. The zero-order valence-electron chi connectivity index (χ0n) is 18.2. The fourth-order valence-electron chi connectivity index (χ4n) is 4.06. The van der Waals surface area contributed by atoms with Gasteiger partial charge < -0.3 is 4.98 Å². The van der Waals surface area contributed by atoms with E-state index >= 15 is 0 Å². The predicted molar refractivity (Wildman–Crippen MR) is 123 cm³/mol. The second kappa shape index (κ2) is 7.69. The molecule has 0 unspecified atom stereocenters. The van der Waals surface area contributed by atoms with E-state index in [-0.39, 0.29) is 11.1 Å². The number of para-hydroxylation sites is 1. The molecule has 3 aromatic heterocycles. The van der Waals surface area contributed by atoms with Gasteiger partial charge in [-0.15, -0.1) is 10.2 Å². The first-order valence-electron chi connectivity index (χ1n) is 10.5. The van der Waals surface area contributed by atoms with Crippen molar-refractivity contribution in [1.82, 2.24) is 34.0 Å². The summed E-state index contributed by atoms with van der Waals surface area (Å²) in [6.07, 6.45) is 0. The van der Waals surface area contributed by atoms with Gasteiger partial charge in [-0.1, -0.05) is 30.7 Å². The normalized spacial score (nSPS) is 11.9. The molecule has 0 spiro atoms. The first-order chi connectivity index (χ1) is 15.5. The number of H-pyrrole nitrogens is 1. The van der Waals surface area contributed by atoms with Crippen LogP contribution in [0.4, 0.5) is 0 Å². The predicted octanol–water partition coefficient (Wildman–Crippen LogP) is 2.15. The van der Waals surface area contributed by atoms with E-state index in [1.165, 1.54) is 4.57 Å². The minimum Gasteiger partial charge on any atom is -0.309 e. The van der Waals surface area contributed by atoms with Crippen molar-refractivity contribution < 1.29 is 0 Å². The number of nitrogens with zero attached hydrogens (tertiary/aromatic N) is 6. The Bertz CT molecular complexity index is 1600. The van der Waals surface area contributed by atoms with Crippen LogP contribution in [0.1, 0.15) is 24.1 Å². The Kier molecular flexibility index (Phi) is 4.82. The number of rotatable bonds is 5. The maximum atomic E-state index is 12.8. The van der Waals surface area contributed by atoms with E-state index in [9.17, 15) is 9.59 Å². The first kappa shape index (κ1) is 20.1. The van der Waals surface area contributed by atoms with Gasteiger partial charge in [-0.2, -0.15) is 0 Å². The Hall–Kier alpha value is -3.85. The van der Waals surface area contributed by atoms with E-state index in [1.807, 2.05) is 54.6 Å². The standard InChI is InChI=1S/C23H23N7O2/c1-4-29(12-19-24-17-8-6-5-7-15(17)21(31)25-19)13-20-26-27-23-28(3)22(32)16-11-14(2)9-10-18(16)30(20)23/h5-11H,4,12-13H2,1-3H3,(H,24,25,31). The molecule has 0 fully saturated rings. The lowest BCUT2D eigenvalue weighted by Crippen LogP contribution is -2.27. The molecule has 0 atom stereocenters. The van der Waals surface area contributed by atoms with Crippen molar-refractivity contribution in [2.24, 2.45) is 7.05 Å². The van der Waals surface area contributed by atoms with Crippen LogP contribution in [0.3, 0.4) is 0 Å². The molecule has 9 nitrogen and oxygen atoms in total. The third-order valence-corrected chi connectivity index (χ3v) is 5.79. The van der Waals surface area contributed by atoms with E-state index in [0.717, 1.165) is 16.9 Å². The molecule has 3 heterocycles. The van der Waals surface area contributed by atoms with Crippen LogP contribution in [0.15, 0.2) is 52.1 Å². The summed E-state index contributed by atoms with van der Waals surface area (Å²) in [6.45, 7) is 5.66. The number of aromatic nitrogens is 6. The summed E-state index contributed by atoms with van der Waals surface area (Å²) in [6, 6.07) is 13.1. The van der Waals surface area contributed by atoms with Gasteiger partial charge in [0.2, 0.25) is 5.78 Å². The summed E-state index contributed by atoms with van der Waals surface area (Å²) in [5.41, 5.74) is 2.23. The minimum atomic E-state index is -0.147. The molecular formula is C23H23N7O2. The quantitative estimate of drug-likeness (QED) is 0.459. The summed E-state index contributed by atoms with van der Waals surface area (Å²) < 4.78 is 3.45. The van der Waals surface area contributed by atoms with Crippen LogP contribution in [-0.2, 0) is 20.1 Å². The van der Waals surface area contributed by atoms with Crippen molar-refractivity contribution in [3.05, 3.63) is 80.4 Å². The molecule has 0 radical (unpaired) electrons. The second-order valence-corrected chi connectivity index (χ2v) is 7.97. The summed E-state index contributed by atoms with van der Waals surface area (Å²) in [7, 11) is 1.71. The molecule has 0 amide bonds. The Labute approximate surface area is 183 Å². The van der Waals surface area contributed by atoms with Gasteiger partial charge in [0.15, 0.2) is 5.82 Å². The van der Waals surface area contributed by atoms with E-state index in [1.54, 1.807) is 13.1 Å². The largest absolute Gasteiger partial charge is 0.309 e. The molecule has 0 aliphatic carbocycles. The minimum absolute atomic E-state index is 0.0968. The SMILES string of the molecule is CCN(Cc1nc2ccccc2c(=O)[nH]1)Cc1nnc2n(C)c(=O)c3cc(C)ccc3n12. The molecular weight excluding hydrogens is 406 g/mol. The molecule has 9 heteroatoms. The number of hydrogen-bond donors (Lipinski definition) is 1. The third kappa shape index (κ3) is 3.27. The molecule has 1 N–H and O–H groups in total. The van der Waals surface area contributed by atoms with Crippen LogP contribution in [0.25, 0.3) is 27.6 Å². The van der Waals surface area contributed by atoms with Crippen LogP contribution in [0.5, 0.6) is 0 Å². The monoisotopic (exact) mass is 429 g/mol. The number of nitrogens with one attached hydrogen (secondary N) is 1. The molecule has 0 saturated carbocycles. The smallest absolute Gasteiger partial charge is 0.262 e. The molecule has 162 valence electrons. The van der Waals surface area contributed by atoms with E-state index in [4.69, 9.17) is 0 Å². The highest BCUT2D eigenvalue weighted by Gasteiger charge is 2.17. The Morgan fingerprint density at radius 2 is 1.84 bits per heavy atom. The highest BCUT2D eigenvalue weighted by atomic mass is 16.1. The van der Waals surface area contributed by atoms with Crippen LogP contribution in [-0.4, -0.2) is 40.6 Å². The van der Waals surface area contributed by atoms with Crippen LogP contribution in [0, 0.1) is 6.92 Å². The molecule has 0 bridgehead atoms. The van der Waals surface area contributed by atoms with Gasteiger partial charge in [0.25, 0.3) is 11.1 Å². The Balaban J connectivity index is 1.55. The lowest BCUT2D eigenvalue weighted by molar-refractivity contribution is 0.257. The van der Waals surface area contributed by atoms with Crippen LogP contribution >= 0.6 is 0 Å². The van der Waals surface area contributed by atoms with E-state index in [2.05, 4.69) is 25.1 Å². The number of hydrogen-bond acceptors (Lipinski definition) is 6. The van der Waals surface area contributed by atoms with E-state index < -0.39 is 0 Å². The van der Waals surface area contributed by atoms with Gasteiger partial charge in [0.1, 0.15) is 5.82 Å². The number of aryl methyl sites for hydroxylation is 2. The maximum Gasteiger partial charge on any atom is 0.262 e. The lowest BCUT2D eigenvalue weighted by Gasteiger charge is -2.19. The first-order valence-corrected chi connectivity index (χ1v) is 10.5. The van der Waals surface area contributed by atoms with E-state index in [0.29, 0.717) is 47.5 Å². The molecule has 2 aromatic carbocycles. The summed E-state index contributed by atoms with van der Waals surface area (Å²) >= 11 is 0. The Morgan fingerprint density at radius 3 is 2.66 bits per heavy atom. The maximum absolute atomic E-state index is 12.8. The lowest BCUT2D eigenvalue weighted by atomic mass is 10.1. The topological polar surface area (TPSA) is 101 Å². The third-order valence-electron chi connectivity index (χ3n) is 5.79. The summed E-state index contributed by atoms with van der Waals surface area (Å²) in [5, 5.41) is 9.87. The molecule has 0 saturated heterocycles. The van der Waals surface area contributed by atoms with Gasteiger partial charge in [-0.3, -0.25) is 23.5 Å². The molecule has 32 heavy (non-hydrogen) atoms. The van der Waals surface area contributed by atoms with Crippen molar-refractivity contribution in [1.29, 1.82) is 0 Å². The fourth-order valence-corrected chi connectivity index (χ4v) is 4.06. The molecule has 0 aliphatic heterocycles. The van der Waals surface area contributed by atoms with Crippen LogP contribution in [0.2, 0.25) is 0 Å². The van der Waals surface area contributed by atoms with Crippen molar-refractivity contribution >= 4 is 27.6 Å². The molecule has 5 rings (SSSR count). The van der Waals surface area contributed by atoms with Gasteiger partial charge >= 0.3 is 0 Å². The average Bonchev–Trinajstić information content (AvgIpc) is 3.20. The summed E-state index contributed by atoms with van der Waals surface area (Å²) in [5.74, 6) is 1.81. The van der Waals surface area contributed by atoms with Crippen LogP contribution < -0.4 is 11.1 Å². The van der Waals surface area contributed by atoms with Crippen molar-refractivity contribution in [2.75, 3.05) is 6.54 Å². The van der Waals surface area contributed by atoms with Crippen molar-refractivity contribution in [2.45, 2.75) is 26.9 Å². The molecule has 0 aliphatic rings. The van der Waals surface area contributed by atoms with Crippen molar-refractivity contribution in [3.8, 4) is 0 Å². The molecule has 5 aromatic rings. The summed E-state index contributed by atoms with van der Waals surface area (Å²) in [4.78, 5) is 34.8. The van der Waals surface area contributed by atoms with Gasteiger partial charge in [0, 0.05) is 7.05 Å².